The second-order valence-electron chi connectivity index (χ2n) is 3.08. The van der Waals surface area contributed by atoms with E-state index in [9.17, 15) is 4.79 Å². The van der Waals surface area contributed by atoms with Gasteiger partial charge in [0, 0.05) is 18.4 Å². The van der Waals surface area contributed by atoms with Gasteiger partial charge in [0.05, 0.1) is 0 Å². The molecule has 0 spiro atoms. The fourth-order valence-electron chi connectivity index (χ4n) is 1.19. The van der Waals surface area contributed by atoms with Crippen LogP contribution in [0.1, 0.15) is 12.5 Å². The molecule has 0 bridgehead atoms. The zero-order chi connectivity index (χ0) is 11.1. The Kier molecular flexibility index (Phi) is 4.98. The molecular weight excluding hydrogens is 206 g/mol. The lowest BCUT2D eigenvalue weighted by Crippen LogP contribution is -2.19. The van der Waals surface area contributed by atoms with Crippen molar-refractivity contribution in [2.45, 2.75) is 11.8 Å². The number of benzene rings is 1. The first-order valence-corrected chi connectivity index (χ1v) is 6.00. The first kappa shape index (κ1) is 11.9. The van der Waals surface area contributed by atoms with Gasteiger partial charge in [-0.2, -0.15) is 0 Å². The largest absolute Gasteiger partial charge is 0.353 e. The van der Waals surface area contributed by atoms with E-state index in [1.165, 1.54) is 17.4 Å². The molecule has 0 aliphatic rings. The molecule has 3 heteroatoms. The van der Waals surface area contributed by atoms with Crippen LogP contribution in [0.4, 0.5) is 0 Å². The first-order chi connectivity index (χ1) is 7.24. The molecule has 1 rings (SSSR count). The van der Waals surface area contributed by atoms with E-state index in [2.05, 4.69) is 23.7 Å². The summed E-state index contributed by atoms with van der Waals surface area (Å²) in [5.74, 6) is -0.00204. The molecule has 0 saturated heterocycles. The van der Waals surface area contributed by atoms with Gasteiger partial charge < -0.3 is 5.32 Å². The number of rotatable bonds is 4. The summed E-state index contributed by atoms with van der Waals surface area (Å²) in [5, 5.41) is 2.72. The highest BCUT2D eigenvalue weighted by Gasteiger charge is 1.94. The summed E-state index contributed by atoms with van der Waals surface area (Å²) in [7, 11) is 0. The normalized spacial score (nSPS) is 10.5. The maximum absolute atomic E-state index is 10.6. The average Bonchev–Trinajstić information content (AvgIpc) is 2.24. The molecule has 0 atom stereocenters. The van der Waals surface area contributed by atoms with Gasteiger partial charge >= 0.3 is 0 Å². The van der Waals surface area contributed by atoms with Crippen LogP contribution < -0.4 is 5.32 Å². The lowest BCUT2D eigenvalue weighted by molar-refractivity contribution is -0.118. The van der Waals surface area contributed by atoms with E-state index in [4.69, 9.17) is 0 Å². The molecule has 80 valence electrons. The minimum absolute atomic E-state index is 0.00204. The topological polar surface area (TPSA) is 29.1 Å². The maximum atomic E-state index is 10.6. The SMILES string of the molecule is CSc1ccccc1C=CCNC(C)=O. The molecule has 2 nitrogen and oxygen atoms in total. The maximum Gasteiger partial charge on any atom is 0.217 e. The van der Waals surface area contributed by atoms with Crippen molar-refractivity contribution in [2.24, 2.45) is 0 Å². The third kappa shape index (κ3) is 4.21. The Bertz CT molecular complexity index is 360. The van der Waals surface area contributed by atoms with Gasteiger partial charge in [-0.05, 0) is 17.9 Å². The molecule has 15 heavy (non-hydrogen) atoms. The van der Waals surface area contributed by atoms with Crippen molar-refractivity contribution in [1.29, 1.82) is 0 Å². The van der Waals surface area contributed by atoms with Gasteiger partial charge in [0.2, 0.25) is 5.91 Å². The highest BCUT2D eigenvalue weighted by Crippen LogP contribution is 2.20. The molecule has 0 saturated carbocycles. The molecular formula is C12H15NOS. The molecule has 0 aromatic heterocycles. The van der Waals surface area contributed by atoms with E-state index < -0.39 is 0 Å². The van der Waals surface area contributed by atoms with Gasteiger partial charge in [-0.1, -0.05) is 30.4 Å². The Morgan fingerprint density at radius 1 is 1.47 bits per heavy atom. The van der Waals surface area contributed by atoms with Crippen molar-refractivity contribution < 1.29 is 4.79 Å². The van der Waals surface area contributed by atoms with Crippen molar-refractivity contribution in [2.75, 3.05) is 12.8 Å². The van der Waals surface area contributed by atoms with E-state index in [0.717, 1.165) is 0 Å². The molecule has 0 heterocycles. The number of thioether (sulfide) groups is 1. The number of nitrogens with one attached hydrogen (secondary N) is 1. The van der Waals surface area contributed by atoms with Crippen LogP contribution >= 0.6 is 11.8 Å². The van der Waals surface area contributed by atoms with Gasteiger partial charge in [0.15, 0.2) is 0 Å². The smallest absolute Gasteiger partial charge is 0.217 e. The zero-order valence-electron chi connectivity index (χ0n) is 8.99. The van der Waals surface area contributed by atoms with Gasteiger partial charge in [0.1, 0.15) is 0 Å². The average molecular weight is 221 g/mol. The third-order valence-corrected chi connectivity index (χ3v) is 2.72. The molecule has 1 aromatic carbocycles. The van der Waals surface area contributed by atoms with Crippen LogP contribution in [0.15, 0.2) is 35.2 Å². The van der Waals surface area contributed by atoms with E-state index in [1.807, 2.05) is 24.3 Å². The molecule has 1 N–H and O–H groups in total. The lowest BCUT2D eigenvalue weighted by atomic mass is 10.2. The summed E-state index contributed by atoms with van der Waals surface area (Å²) < 4.78 is 0. The fourth-order valence-corrected chi connectivity index (χ4v) is 1.78. The van der Waals surface area contributed by atoms with Gasteiger partial charge in [-0.3, -0.25) is 4.79 Å². The molecule has 1 aromatic rings. The standard InChI is InChI=1S/C12H15NOS/c1-10(14)13-9-5-7-11-6-3-4-8-12(11)15-2/h3-8H,9H2,1-2H3,(H,13,14). The Labute approximate surface area is 94.8 Å². The second kappa shape index (κ2) is 6.30. The summed E-state index contributed by atoms with van der Waals surface area (Å²) in [6.45, 7) is 2.10. The molecule has 1 amide bonds. The van der Waals surface area contributed by atoms with Crippen LogP contribution in [-0.2, 0) is 4.79 Å². The zero-order valence-corrected chi connectivity index (χ0v) is 9.80. The van der Waals surface area contributed by atoms with Gasteiger partial charge in [-0.25, -0.2) is 0 Å². The van der Waals surface area contributed by atoms with Crippen molar-refractivity contribution >= 4 is 23.7 Å². The lowest BCUT2D eigenvalue weighted by Gasteiger charge is -2.01. The minimum Gasteiger partial charge on any atom is -0.353 e. The number of amides is 1. The summed E-state index contributed by atoms with van der Waals surface area (Å²) in [6.07, 6.45) is 6.04. The van der Waals surface area contributed by atoms with Crippen LogP contribution in [0.25, 0.3) is 6.08 Å². The van der Waals surface area contributed by atoms with Crippen LogP contribution in [0.3, 0.4) is 0 Å². The highest BCUT2D eigenvalue weighted by molar-refractivity contribution is 7.98. The predicted octanol–water partition coefficient (Wildman–Crippen LogP) is 2.56. The summed E-state index contributed by atoms with van der Waals surface area (Å²) in [5.41, 5.74) is 1.19. The van der Waals surface area contributed by atoms with Crippen LogP contribution in [0.5, 0.6) is 0 Å². The quantitative estimate of drug-likeness (QED) is 0.792. The third-order valence-electron chi connectivity index (χ3n) is 1.91. The Balaban J connectivity index is 2.59. The molecule has 0 unspecified atom stereocenters. The predicted molar refractivity (Wildman–Crippen MR) is 65.9 cm³/mol. The minimum atomic E-state index is -0.00204. The van der Waals surface area contributed by atoms with Crippen molar-refractivity contribution in [3.8, 4) is 0 Å². The van der Waals surface area contributed by atoms with Crippen molar-refractivity contribution in [3.63, 3.8) is 0 Å². The van der Waals surface area contributed by atoms with Gasteiger partial charge in [-0.15, -0.1) is 11.8 Å². The van der Waals surface area contributed by atoms with Crippen molar-refractivity contribution in [1.82, 2.24) is 5.32 Å². The first-order valence-electron chi connectivity index (χ1n) is 4.78. The molecule has 0 aliphatic carbocycles. The van der Waals surface area contributed by atoms with Gasteiger partial charge in [0.25, 0.3) is 0 Å². The Morgan fingerprint density at radius 3 is 2.87 bits per heavy atom. The summed E-state index contributed by atoms with van der Waals surface area (Å²) in [4.78, 5) is 11.9. The molecule has 0 aliphatic heterocycles. The molecule has 0 radical (unpaired) electrons. The second-order valence-corrected chi connectivity index (χ2v) is 3.93. The number of hydrogen-bond acceptors (Lipinski definition) is 2. The van der Waals surface area contributed by atoms with Crippen LogP contribution in [-0.4, -0.2) is 18.7 Å². The summed E-state index contributed by atoms with van der Waals surface area (Å²) in [6, 6.07) is 8.19. The number of carbonyl (C=O) groups excluding carboxylic acids is 1. The van der Waals surface area contributed by atoms with Crippen LogP contribution in [0.2, 0.25) is 0 Å². The Morgan fingerprint density at radius 2 is 2.20 bits per heavy atom. The van der Waals surface area contributed by atoms with Crippen molar-refractivity contribution in [3.05, 3.63) is 35.9 Å². The molecule has 0 fully saturated rings. The monoisotopic (exact) mass is 221 g/mol. The van der Waals surface area contributed by atoms with E-state index in [-0.39, 0.29) is 5.91 Å². The summed E-state index contributed by atoms with van der Waals surface area (Å²) >= 11 is 1.72. The highest BCUT2D eigenvalue weighted by atomic mass is 32.2. The number of hydrogen-bond donors (Lipinski definition) is 1. The van der Waals surface area contributed by atoms with Crippen LogP contribution in [0, 0.1) is 0 Å². The fraction of sp³-hybridized carbons (Fsp3) is 0.250. The van der Waals surface area contributed by atoms with E-state index in [0.29, 0.717) is 6.54 Å². The van der Waals surface area contributed by atoms with E-state index in [1.54, 1.807) is 11.8 Å². The Hall–Kier alpha value is -1.22. The number of carbonyl (C=O) groups is 1. The van der Waals surface area contributed by atoms with E-state index >= 15 is 0 Å².